The minimum Gasteiger partial charge on any atom is -0.455 e. The van der Waals surface area contributed by atoms with E-state index in [1.807, 2.05) is 24.3 Å². The second kappa shape index (κ2) is 12.0. The summed E-state index contributed by atoms with van der Waals surface area (Å²) in [5.74, 6) is 0. The van der Waals surface area contributed by atoms with Gasteiger partial charge in [0.05, 0.1) is 0 Å². The van der Waals surface area contributed by atoms with E-state index in [1.165, 1.54) is 54.6 Å². The number of furan rings is 2. The molecule has 2 nitrogen and oxygen atoms in total. The number of fused-ring (bicyclic) bond motifs is 12. The first-order valence-corrected chi connectivity index (χ1v) is 19.2. The van der Waals surface area contributed by atoms with Crippen molar-refractivity contribution in [2.45, 2.75) is 0 Å². The van der Waals surface area contributed by atoms with E-state index in [2.05, 4.69) is 170 Å². The van der Waals surface area contributed by atoms with Crippen molar-refractivity contribution in [1.29, 1.82) is 0 Å². The summed E-state index contributed by atoms with van der Waals surface area (Å²) in [6.07, 6.45) is 0. The summed E-state index contributed by atoms with van der Waals surface area (Å²) < 4.78 is 12.8. The Balaban J connectivity index is 0.968. The third-order valence-corrected chi connectivity index (χ3v) is 11.7. The number of para-hydroxylation sites is 4. The number of rotatable bonds is 4. The third-order valence-electron chi connectivity index (χ3n) is 11.7. The van der Waals surface area contributed by atoms with E-state index in [9.17, 15) is 0 Å². The van der Waals surface area contributed by atoms with Crippen molar-refractivity contribution in [3.8, 4) is 44.5 Å². The van der Waals surface area contributed by atoms with Crippen molar-refractivity contribution in [1.82, 2.24) is 0 Å². The first kappa shape index (κ1) is 31.0. The lowest BCUT2D eigenvalue weighted by atomic mass is 9.89. The molecule has 0 fully saturated rings. The lowest BCUT2D eigenvalue weighted by Crippen LogP contribution is -1.87. The molecule has 12 aromatic rings. The Hall–Kier alpha value is -7.42. The smallest absolute Gasteiger partial charge is 0.143 e. The molecule has 56 heavy (non-hydrogen) atoms. The predicted octanol–water partition coefficient (Wildman–Crippen LogP) is 15.6. The lowest BCUT2D eigenvalue weighted by molar-refractivity contribution is 0.669. The Labute approximate surface area is 322 Å². The molecule has 0 atom stereocenters. The first-order chi connectivity index (χ1) is 27.7. The molecule has 0 aliphatic carbocycles. The van der Waals surface area contributed by atoms with Crippen LogP contribution in [0.1, 0.15) is 0 Å². The van der Waals surface area contributed by atoms with E-state index >= 15 is 0 Å². The lowest BCUT2D eigenvalue weighted by Gasteiger charge is -2.14. The number of hydrogen-bond acceptors (Lipinski definition) is 2. The van der Waals surface area contributed by atoms with Gasteiger partial charge in [-0.1, -0.05) is 158 Å². The molecule has 2 heteroatoms. The van der Waals surface area contributed by atoms with Gasteiger partial charge in [0.15, 0.2) is 0 Å². The second-order valence-electron chi connectivity index (χ2n) is 14.8. The average molecular weight is 713 g/mol. The highest BCUT2D eigenvalue weighted by atomic mass is 16.3. The van der Waals surface area contributed by atoms with Crippen LogP contribution < -0.4 is 0 Å². The van der Waals surface area contributed by atoms with Crippen LogP contribution in [0.4, 0.5) is 0 Å². The maximum atomic E-state index is 6.41. The summed E-state index contributed by atoms with van der Waals surface area (Å²) in [5.41, 5.74) is 12.9. The van der Waals surface area contributed by atoms with E-state index in [-0.39, 0.29) is 0 Å². The molecule has 0 aliphatic heterocycles. The van der Waals surface area contributed by atoms with Crippen LogP contribution in [0.5, 0.6) is 0 Å². The molecule has 12 rings (SSSR count). The Morgan fingerprint density at radius 3 is 1.05 bits per heavy atom. The summed E-state index contributed by atoms with van der Waals surface area (Å²) in [5, 5.41) is 12.1. The molecule has 0 saturated heterocycles. The van der Waals surface area contributed by atoms with Gasteiger partial charge >= 0.3 is 0 Å². The van der Waals surface area contributed by atoms with Crippen LogP contribution in [0, 0.1) is 0 Å². The number of hydrogen-bond donors (Lipinski definition) is 0. The molecule has 2 aromatic heterocycles. The van der Waals surface area contributed by atoms with Gasteiger partial charge in [0.1, 0.15) is 22.3 Å². The minimum absolute atomic E-state index is 0.914. The van der Waals surface area contributed by atoms with Gasteiger partial charge in [0.25, 0.3) is 0 Å². The van der Waals surface area contributed by atoms with Crippen molar-refractivity contribution in [3.63, 3.8) is 0 Å². The first-order valence-electron chi connectivity index (χ1n) is 19.2. The Kier molecular flexibility index (Phi) is 6.66. The fraction of sp³-hybridized carbons (Fsp3) is 0. The highest BCUT2D eigenvalue weighted by Crippen LogP contribution is 2.42. The highest BCUT2D eigenvalue weighted by molar-refractivity contribution is 6.26. The zero-order valence-electron chi connectivity index (χ0n) is 30.3. The summed E-state index contributed by atoms with van der Waals surface area (Å²) in [4.78, 5) is 0. The van der Waals surface area contributed by atoms with E-state index in [1.54, 1.807) is 0 Å². The molecule has 0 spiro atoms. The molecular formula is C54H32O2. The quantitative estimate of drug-likeness (QED) is 0.170. The molecule has 0 radical (unpaired) electrons. The third kappa shape index (κ3) is 4.69. The van der Waals surface area contributed by atoms with Crippen LogP contribution in [0.3, 0.4) is 0 Å². The Morgan fingerprint density at radius 1 is 0.214 bits per heavy atom. The molecule has 260 valence electrons. The minimum atomic E-state index is 0.914. The normalized spacial score (nSPS) is 11.9. The van der Waals surface area contributed by atoms with Gasteiger partial charge in [0.2, 0.25) is 0 Å². The summed E-state index contributed by atoms with van der Waals surface area (Å²) in [6.45, 7) is 0. The summed E-state index contributed by atoms with van der Waals surface area (Å²) >= 11 is 0. The molecular weight excluding hydrogens is 681 g/mol. The van der Waals surface area contributed by atoms with E-state index in [0.717, 1.165) is 66.1 Å². The van der Waals surface area contributed by atoms with Crippen LogP contribution in [-0.4, -0.2) is 0 Å². The molecule has 10 aromatic carbocycles. The molecule has 0 aliphatic rings. The Morgan fingerprint density at radius 2 is 0.571 bits per heavy atom. The van der Waals surface area contributed by atoms with Crippen LogP contribution in [0.2, 0.25) is 0 Å². The topological polar surface area (TPSA) is 26.3 Å². The van der Waals surface area contributed by atoms with Crippen LogP contribution in [0.25, 0.3) is 121 Å². The van der Waals surface area contributed by atoms with Crippen LogP contribution in [0.15, 0.2) is 203 Å². The molecule has 2 heterocycles. The zero-order valence-corrected chi connectivity index (χ0v) is 30.3. The molecule has 0 unspecified atom stereocenters. The van der Waals surface area contributed by atoms with Crippen LogP contribution in [-0.2, 0) is 0 Å². The summed E-state index contributed by atoms with van der Waals surface area (Å²) in [6, 6.07) is 69.8. The number of benzene rings is 10. The maximum Gasteiger partial charge on any atom is 0.143 e. The monoisotopic (exact) mass is 712 g/mol. The molecule has 0 amide bonds. The second-order valence-corrected chi connectivity index (χ2v) is 14.8. The standard InChI is InChI=1S/C54H32O2/c1-2-16-42-41(15-1)49-31-35(33-11-7-13-37(29-33)39-19-9-21-47-45-17-3-5-23-51(45)55-53(39)47)25-27-43(49)44-28-26-36(32-50(42)44)34-12-8-14-38(30-34)40-20-10-22-48-46-18-4-6-24-52(46)56-54(40)48/h1-32H. The van der Waals surface area contributed by atoms with Crippen molar-refractivity contribution >= 4 is 76.2 Å². The zero-order chi connectivity index (χ0) is 36.7. The van der Waals surface area contributed by atoms with Gasteiger partial charge in [-0.2, -0.15) is 0 Å². The summed E-state index contributed by atoms with van der Waals surface area (Å²) in [7, 11) is 0. The van der Waals surface area contributed by atoms with Gasteiger partial charge in [-0.15, -0.1) is 0 Å². The largest absolute Gasteiger partial charge is 0.455 e. The molecule has 0 saturated carbocycles. The van der Waals surface area contributed by atoms with Gasteiger partial charge < -0.3 is 8.83 Å². The average Bonchev–Trinajstić information content (AvgIpc) is 3.85. The van der Waals surface area contributed by atoms with E-state index < -0.39 is 0 Å². The highest BCUT2D eigenvalue weighted by Gasteiger charge is 2.16. The van der Waals surface area contributed by atoms with Crippen molar-refractivity contribution in [2.24, 2.45) is 0 Å². The Bertz CT molecular complexity index is 3290. The van der Waals surface area contributed by atoms with Gasteiger partial charge in [0, 0.05) is 32.7 Å². The SMILES string of the molecule is c1cc(-c2ccc3c4ccc(-c5cccc(-c6cccc7c6oc6ccccc67)c5)cc4c4ccccc4c3c2)cc(-c2cccc3c2oc2ccccc23)c1. The van der Waals surface area contributed by atoms with Crippen molar-refractivity contribution < 1.29 is 8.83 Å². The van der Waals surface area contributed by atoms with Gasteiger partial charge in [-0.25, -0.2) is 0 Å². The van der Waals surface area contributed by atoms with E-state index in [0.29, 0.717) is 0 Å². The molecule has 0 bridgehead atoms. The fourth-order valence-electron chi connectivity index (χ4n) is 9.00. The van der Waals surface area contributed by atoms with Crippen LogP contribution >= 0.6 is 0 Å². The van der Waals surface area contributed by atoms with Gasteiger partial charge in [-0.05, 0) is 102 Å². The predicted molar refractivity (Wildman–Crippen MR) is 235 cm³/mol. The molecule has 0 N–H and O–H groups in total. The fourth-order valence-corrected chi connectivity index (χ4v) is 9.00. The van der Waals surface area contributed by atoms with Crippen molar-refractivity contribution in [3.05, 3.63) is 194 Å². The van der Waals surface area contributed by atoms with E-state index in [4.69, 9.17) is 8.83 Å². The van der Waals surface area contributed by atoms with Crippen molar-refractivity contribution in [2.75, 3.05) is 0 Å². The van der Waals surface area contributed by atoms with Gasteiger partial charge in [-0.3, -0.25) is 0 Å². The maximum absolute atomic E-state index is 6.41.